The predicted molar refractivity (Wildman–Crippen MR) is 86.8 cm³/mol. The maximum absolute atomic E-state index is 12.0. The van der Waals surface area contributed by atoms with Crippen LogP contribution in [0, 0.1) is 5.92 Å². The summed E-state index contributed by atoms with van der Waals surface area (Å²) in [7, 11) is 0. The van der Waals surface area contributed by atoms with Gasteiger partial charge in [-0.2, -0.15) is 0 Å². The zero-order valence-corrected chi connectivity index (χ0v) is 13.5. The Hall–Kier alpha value is -2.61. The van der Waals surface area contributed by atoms with Gasteiger partial charge >= 0.3 is 12.2 Å². The van der Waals surface area contributed by atoms with Crippen molar-refractivity contribution in [3.8, 4) is 5.75 Å². The molecule has 0 bridgehead atoms. The van der Waals surface area contributed by atoms with Crippen molar-refractivity contribution in [1.82, 2.24) is 10.6 Å². The van der Waals surface area contributed by atoms with Crippen LogP contribution in [0.1, 0.15) is 19.8 Å². The fourth-order valence-corrected chi connectivity index (χ4v) is 2.31. The van der Waals surface area contributed by atoms with Crippen LogP contribution in [0.5, 0.6) is 5.75 Å². The van der Waals surface area contributed by atoms with Crippen LogP contribution in [0.15, 0.2) is 24.3 Å². The van der Waals surface area contributed by atoms with E-state index in [1.54, 1.807) is 19.1 Å². The van der Waals surface area contributed by atoms with Crippen molar-refractivity contribution in [2.45, 2.75) is 19.8 Å². The summed E-state index contributed by atoms with van der Waals surface area (Å²) >= 11 is 0. The summed E-state index contributed by atoms with van der Waals surface area (Å²) in [6.45, 7) is 3.46. The number of carbonyl (C=O) groups excluding carboxylic acids is 3. The number of piperidine rings is 1. The molecule has 0 unspecified atom stereocenters. The molecule has 1 aliphatic rings. The Balaban J connectivity index is 1.81. The molecule has 3 N–H and O–H groups in total. The second-order valence-electron chi connectivity index (χ2n) is 5.28. The molecule has 1 saturated heterocycles. The van der Waals surface area contributed by atoms with E-state index >= 15 is 0 Å². The van der Waals surface area contributed by atoms with Crippen LogP contribution in [0.4, 0.5) is 15.3 Å². The normalized spacial score (nSPS) is 14.5. The summed E-state index contributed by atoms with van der Waals surface area (Å²) in [6.07, 6.45) is 0.654. The van der Waals surface area contributed by atoms with Crippen LogP contribution in [-0.2, 0) is 9.53 Å². The molecule has 8 heteroatoms. The Morgan fingerprint density at radius 2 is 1.83 bits per heavy atom. The van der Waals surface area contributed by atoms with Crippen LogP contribution in [0.2, 0.25) is 0 Å². The molecule has 1 fully saturated rings. The third-order valence-corrected chi connectivity index (χ3v) is 3.52. The van der Waals surface area contributed by atoms with E-state index in [9.17, 15) is 14.4 Å². The lowest BCUT2D eigenvalue weighted by molar-refractivity contribution is -0.124. The summed E-state index contributed by atoms with van der Waals surface area (Å²) in [5, 5.41) is 8.06. The number of carbonyl (C=O) groups is 3. The Morgan fingerprint density at radius 1 is 1.17 bits per heavy atom. The average Bonchev–Trinajstić information content (AvgIpc) is 2.57. The quantitative estimate of drug-likeness (QED) is 0.573. The topological polar surface area (TPSA) is 106 Å². The van der Waals surface area contributed by atoms with Gasteiger partial charge in [0.2, 0.25) is 5.91 Å². The van der Waals surface area contributed by atoms with Crippen LogP contribution < -0.4 is 20.7 Å². The Morgan fingerprint density at radius 3 is 2.46 bits per heavy atom. The van der Waals surface area contributed by atoms with Crippen molar-refractivity contribution < 1.29 is 23.9 Å². The van der Waals surface area contributed by atoms with E-state index < -0.39 is 12.2 Å². The number of hydrogen-bond acceptors (Lipinski definition) is 6. The van der Waals surface area contributed by atoms with Gasteiger partial charge in [-0.05, 0) is 57.1 Å². The second-order valence-corrected chi connectivity index (χ2v) is 5.28. The highest BCUT2D eigenvalue weighted by atomic mass is 16.7. The van der Waals surface area contributed by atoms with Crippen LogP contribution in [-0.4, -0.2) is 37.8 Å². The first-order valence-electron chi connectivity index (χ1n) is 7.85. The molecule has 0 spiro atoms. The highest BCUT2D eigenvalue weighted by Crippen LogP contribution is 2.16. The molecular weight excluding hydrogens is 314 g/mol. The molecule has 0 saturated carbocycles. The van der Waals surface area contributed by atoms with Crippen LogP contribution in [0.25, 0.3) is 0 Å². The Labute approximate surface area is 139 Å². The molecule has 1 heterocycles. The molecule has 2 rings (SSSR count). The number of urea groups is 1. The molecule has 130 valence electrons. The van der Waals surface area contributed by atoms with Gasteiger partial charge in [0.15, 0.2) is 0 Å². The smallest absolute Gasteiger partial charge is 0.434 e. The molecule has 0 aromatic heterocycles. The second kappa shape index (κ2) is 8.88. The maximum Gasteiger partial charge on any atom is 0.513 e. The molecule has 1 aromatic carbocycles. The van der Waals surface area contributed by atoms with Gasteiger partial charge in [-0.25, -0.2) is 9.59 Å². The summed E-state index contributed by atoms with van der Waals surface area (Å²) in [4.78, 5) is 35.0. The number of nitrogens with one attached hydrogen (secondary N) is 3. The Bertz CT molecular complexity index is 582. The Kier molecular flexibility index (Phi) is 6.56. The summed E-state index contributed by atoms with van der Waals surface area (Å²) in [5.74, 6) is -0.112. The van der Waals surface area contributed by atoms with Gasteiger partial charge in [-0.15, -0.1) is 0 Å². The van der Waals surface area contributed by atoms with Gasteiger partial charge in [0, 0.05) is 11.6 Å². The molecule has 8 nitrogen and oxygen atoms in total. The van der Waals surface area contributed by atoms with Crippen molar-refractivity contribution in [3.05, 3.63) is 24.3 Å². The minimum atomic E-state index is -0.788. The summed E-state index contributed by atoms with van der Waals surface area (Å²) in [5.41, 5.74) is 0.474. The SMILES string of the molecule is CCOC(=O)Oc1ccc(NC(=O)NC(=O)C2CCNCC2)cc1. The highest BCUT2D eigenvalue weighted by Gasteiger charge is 2.22. The van der Waals surface area contributed by atoms with Crippen molar-refractivity contribution in [2.75, 3.05) is 25.0 Å². The number of anilines is 1. The van der Waals surface area contributed by atoms with E-state index in [1.807, 2.05) is 0 Å². The first kappa shape index (κ1) is 17.7. The fourth-order valence-electron chi connectivity index (χ4n) is 2.31. The molecule has 24 heavy (non-hydrogen) atoms. The average molecular weight is 335 g/mol. The van der Waals surface area contributed by atoms with E-state index in [1.165, 1.54) is 12.1 Å². The number of benzene rings is 1. The van der Waals surface area contributed by atoms with Gasteiger partial charge in [-0.1, -0.05) is 0 Å². The van der Waals surface area contributed by atoms with Gasteiger partial charge < -0.3 is 20.1 Å². The number of ether oxygens (including phenoxy) is 2. The van der Waals surface area contributed by atoms with Crippen LogP contribution >= 0.6 is 0 Å². The van der Waals surface area contributed by atoms with Crippen molar-refractivity contribution >= 4 is 23.8 Å². The minimum absolute atomic E-state index is 0.141. The highest BCUT2D eigenvalue weighted by molar-refractivity contribution is 6.01. The van der Waals surface area contributed by atoms with Crippen molar-refractivity contribution in [3.63, 3.8) is 0 Å². The van der Waals surface area contributed by atoms with Gasteiger partial charge in [0.1, 0.15) is 5.75 Å². The molecular formula is C16H21N3O5. The number of hydrogen-bond donors (Lipinski definition) is 3. The van der Waals surface area contributed by atoms with Gasteiger partial charge in [0.25, 0.3) is 0 Å². The van der Waals surface area contributed by atoms with E-state index in [0.29, 0.717) is 11.4 Å². The lowest BCUT2D eigenvalue weighted by Gasteiger charge is -2.21. The van der Waals surface area contributed by atoms with Gasteiger partial charge in [0.05, 0.1) is 6.61 Å². The molecule has 0 aliphatic carbocycles. The third kappa shape index (κ3) is 5.54. The number of rotatable bonds is 4. The van der Waals surface area contributed by atoms with Crippen LogP contribution in [0.3, 0.4) is 0 Å². The van der Waals surface area contributed by atoms with Crippen molar-refractivity contribution in [2.24, 2.45) is 5.92 Å². The minimum Gasteiger partial charge on any atom is -0.434 e. The van der Waals surface area contributed by atoms with E-state index in [0.717, 1.165) is 25.9 Å². The maximum atomic E-state index is 12.0. The zero-order chi connectivity index (χ0) is 17.4. The van der Waals surface area contributed by atoms with E-state index in [4.69, 9.17) is 4.74 Å². The molecule has 0 atom stereocenters. The zero-order valence-electron chi connectivity index (χ0n) is 13.5. The fraction of sp³-hybridized carbons (Fsp3) is 0.438. The van der Waals surface area contributed by atoms with Crippen molar-refractivity contribution in [1.29, 1.82) is 0 Å². The molecule has 3 amide bonds. The first-order valence-corrected chi connectivity index (χ1v) is 7.85. The molecule has 0 radical (unpaired) electrons. The number of imide groups is 1. The standard InChI is InChI=1S/C16H21N3O5/c1-2-23-16(22)24-13-5-3-12(4-6-13)18-15(21)19-14(20)11-7-9-17-10-8-11/h3-6,11,17H,2,7-10H2,1H3,(H2,18,19,20,21). The van der Waals surface area contributed by atoms with Gasteiger partial charge in [-0.3, -0.25) is 10.1 Å². The largest absolute Gasteiger partial charge is 0.513 e. The third-order valence-electron chi connectivity index (χ3n) is 3.52. The van der Waals surface area contributed by atoms with E-state index in [2.05, 4.69) is 20.7 Å². The predicted octanol–water partition coefficient (Wildman–Crippen LogP) is 1.87. The molecule has 1 aliphatic heterocycles. The lowest BCUT2D eigenvalue weighted by atomic mass is 9.97. The van der Waals surface area contributed by atoms with E-state index in [-0.39, 0.29) is 18.4 Å². The number of amides is 3. The molecule has 1 aromatic rings. The monoisotopic (exact) mass is 335 g/mol. The lowest BCUT2D eigenvalue weighted by Crippen LogP contribution is -2.42. The summed E-state index contributed by atoms with van der Waals surface area (Å²) < 4.78 is 9.57. The summed E-state index contributed by atoms with van der Waals surface area (Å²) in [6, 6.07) is 5.56. The first-order chi connectivity index (χ1) is 11.6.